The molecule has 3 unspecified atom stereocenters. The number of nitrogens with one attached hydrogen (secondary N) is 1. The van der Waals surface area contributed by atoms with Gasteiger partial charge in [0.15, 0.2) is 0 Å². The summed E-state index contributed by atoms with van der Waals surface area (Å²) in [7, 11) is 0. The molecule has 0 aromatic heterocycles. The highest BCUT2D eigenvalue weighted by molar-refractivity contribution is 5.62. The molecule has 1 aromatic carbocycles. The van der Waals surface area contributed by atoms with Crippen LogP contribution in [-0.2, 0) is 0 Å². The summed E-state index contributed by atoms with van der Waals surface area (Å²) in [6.07, 6.45) is 5.47. The Hall–Kier alpha value is -1.84. The van der Waals surface area contributed by atoms with Crippen LogP contribution in [0.4, 0.5) is 11.4 Å². The van der Waals surface area contributed by atoms with Gasteiger partial charge in [-0.3, -0.25) is 10.1 Å². The number of hydrogen-bond donors (Lipinski definition) is 1. The van der Waals surface area contributed by atoms with E-state index in [2.05, 4.69) is 38.2 Å². The first-order valence-corrected chi connectivity index (χ1v) is 7.09. The first-order chi connectivity index (χ1) is 9.38. The lowest BCUT2D eigenvalue weighted by Crippen LogP contribution is -2.44. The fourth-order valence-electron chi connectivity index (χ4n) is 3.55. The Kier molecular flexibility index (Phi) is 2.85. The van der Waals surface area contributed by atoms with E-state index in [1.54, 1.807) is 12.1 Å². The molecule has 0 spiro atoms. The van der Waals surface area contributed by atoms with Crippen LogP contribution in [0, 0.1) is 21.4 Å². The normalized spacial score (nSPS) is 27.6. The average molecular weight is 272 g/mol. The van der Waals surface area contributed by atoms with Crippen LogP contribution in [0.3, 0.4) is 0 Å². The summed E-state index contributed by atoms with van der Waals surface area (Å²) in [5.74, 6) is 0.792. The van der Waals surface area contributed by atoms with Gasteiger partial charge < -0.3 is 5.32 Å². The molecule has 0 radical (unpaired) electrons. The number of anilines is 1. The lowest BCUT2D eigenvalue weighted by Gasteiger charge is -2.44. The van der Waals surface area contributed by atoms with Crippen LogP contribution < -0.4 is 5.32 Å². The van der Waals surface area contributed by atoms with Gasteiger partial charge in [0.05, 0.1) is 4.92 Å². The van der Waals surface area contributed by atoms with Crippen molar-refractivity contribution in [2.24, 2.45) is 11.3 Å². The Morgan fingerprint density at radius 1 is 1.35 bits per heavy atom. The fourth-order valence-corrected chi connectivity index (χ4v) is 3.55. The largest absolute Gasteiger partial charge is 0.381 e. The number of nitrogens with zero attached hydrogens (tertiary/aromatic N) is 1. The van der Waals surface area contributed by atoms with Gasteiger partial charge in [-0.25, -0.2) is 0 Å². The van der Waals surface area contributed by atoms with E-state index in [1.807, 2.05) is 6.07 Å². The van der Waals surface area contributed by atoms with E-state index in [1.165, 1.54) is 0 Å². The number of allylic oxidation sites excluding steroid dienone is 2. The van der Waals surface area contributed by atoms with Gasteiger partial charge in [-0.05, 0) is 29.4 Å². The molecular formula is C16H20N2O2. The topological polar surface area (TPSA) is 55.2 Å². The van der Waals surface area contributed by atoms with Crippen molar-refractivity contribution in [1.29, 1.82) is 0 Å². The molecular weight excluding hydrogens is 252 g/mol. The van der Waals surface area contributed by atoms with Gasteiger partial charge in [-0.15, -0.1) is 0 Å². The standard InChI is InChI=1S/C16H20N2O2/c1-16(2,3)15-12-6-4-5-11(12)13-9-10(18(19)20)7-8-14(13)17-15/h4-5,7-9,11-12,15,17H,6H2,1-3H3. The molecule has 3 rings (SSSR count). The summed E-state index contributed by atoms with van der Waals surface area (Å²) in [5.41, 5.74) is 2.45. The second-order valence-corrected chi connectivity index (χ2v) is 6.87. The maximum absolute atomic E-state index is 11.0. The van der Waals surface area contributed by atoms with Crippen molar-refractivity contribution in [2.75, 3.05) is 5.32 Å². The van der Waals surface area contributed by atoms with Crippen LogP contribution in [-0.4, -0.2) is 11.0 Å². The Bertz CT molecular complexity index is 587. The Morgan fingerprint density at radius 3 is 2.75 bits per heavy atom. The number of nitro benzene ring substituents is 1. The number of fused-ring (bicyclic) bond motifs is 3. The molecule has 106 valence electrons. The highest BCUT2D eigenvalue weighted by Gasteiger charge is 2.42. The van der Waals surface area contributed by atoms with Crippen molar-refractivity contribution in [3.05, 3.63) is 46.0 Å². The number of non-ortho nitro benzene ring substituents is 1. The van der Waals surface area contributed by atoms with Crippen molar-refractivity contribution in [1.82, 2.24) is 0 Å². The minimum Gasteiger partial charge on any atom is -0.381 e. The molecule has 0 saturated heterocycles. The molecule has 1 N–H and O–H groups in total. The van der Waals surface area contributed by atoms with Crippen LogP contribution in [0.5, 0.6) is 0 Å². The van der Waals surface area contributed by atoms with E-state index in [0.717, 1.165) is 17.7 Å². The zero-order valence-corrected chi connectivity index (χ0v) is 12.1. The van der Waals surface area contributed by atoms with Crippen molar-refractivity contribution >= 4 is 11.4 Å². The highest BCUT2D eigenvalue weighted by Crippen LogP contribution is 2.49. The van der Waals surface area contributed by atoms with Gasteiger partial charge in [0, 0.05) is 29.8 Å². The minimum absolute atomic E-state index is 0.161. The zero-order valence-electron chi connectivity index (χ0n) is 12.1. The van der Waals surface area contributed by atoms with E-state index in [0.29, 0.717) is 17.9 Å². The number of benzene rings is 1. The summed E-state index contributed by atoms with van der Waals surface area (Å²) in [4.78, 5) is 10.7. The maximum atomic E-state index is 11.0. The predicted molar refractivity (Wildman–Crippen MR) is 80.0 cm³/mol. The molecule has 0 fully saturated rings. The molecule has 4 heteroatoms. The van der Waals surface area contributed by atoms with Crippen molar-refractivity contribution in [2.45, 2.75) is 39.2 Å². The smallest absolute Gasteiger partial charge is 0.269 e. The molecule has 4 nitrogen and oxygen atoms in total. The molecule has 0 bridgehead atoms. The van der Waals surface area contributed by atoms with E-state index < -0.39 is 0 Å². The van der Waals surface area contributed by atoms with Crippen LogP contribution in [0.25, 0.3) is 0 Å². The van der Waals surface area contributed by atoms with E-state index in [9.17, 15) is 10.1 Å². The fraction of sp³-hybridized carbons (Fsp3) is 0.500. The van der Waals surface area contributed by atoms with Crippen molar-refractivity contribution in [3.8, 4) is 0 Å². The highest BCUT2D eigenvalue weighted by atomic mass is 16.6. The molecule has 0 amide bonds. The van der Waals surface area contributed by atoms with Crippen molar-refractivity contribution in [3.63, 3.8) is 0 Å². The predicted octanol–water partition coefficient (Wildman–Crippen LogP) is 4.09. The van der Waals surface area contributed by atoms with Crippen LogP contribution in [0.2, 0.25) is 0 Å². The molecule has 1 aromatic rings. The molecule has 20 heavy (non-hydrogen) atoms. The lowest BCUT2D eigenvalue weighted by atomic mass is 9.70. The molecule has 3 atom stereocenters. The summed E-state index contributed by atoms with van der Waals surface area (Å²) >= 11 is 0. The first kappa shape index (κ1) is 13.2. The zero-order chi connectivity index (χ0) is 14.5. The summed E-state index contributed by atoms with van der Waals surface area (Å²) < 4.78 is 0. The molecule has 1 heterocycles. The van der Waals surface area contributed by atoms with E-state index >= 15 is 0 Å². The number of hydrogen-bond acceptors (Lipinski definition) is 3. The third-order valence-corrected chi connectivity index (χ3v) is 4.49. The van der Waals surface area contributed by atoms with Gasteiger partial charge in [0.2, 0.25) is 0 Å². The first-order valence-electron chi connectivity index (χ1n) is 7.09. The van der Waals surface area contributed by atoms with Gasteiger partial charge in [0.25, 0.3) is 5.69 Å². The summed E-state index contributed by atoms with van der Waals surface area (Å²) in [6.45, 7) is 6.74. The molecule has 1 aliphatic carbocycles. The quantitative estimate of drug-likeness (QED) is 0.476. The minimum atomic E-state index is -0.316. The van der Waals surface area contributed by atoms with Gasteiger partial charge in [-0.1, -0.05) is 32.9 Å². The third kappa shape index (κ3) is 1.99. The number of nitro groups is 1. The van der Waals surface area contributed by atoms with Gasteiger partial charge in [-0.2, -0.15) is 0 Å². The SMILES string of the molecule is CC(C)(C)C1Nc2ccc([N+](=O)[O-])cc2C2C=CCC21. The van der Waals surface area contributed by atoms with Crippen LogP contribution >= 0.6 is 0 Å². The van der Waals surface area contributed by atoms with Gasteiger partial charge >= 0.3 is 0 Å². The van der Waals surface area contributed by atoms with Crippen molar-refractivity contribution < 1.29 is 4.92 Å². The lowest BCUT2D eigenvalue weighted by molar-refractivity contribution is -0.384. The Labute approximate surface area is 119 Å². The second kappa shape index (κ2) is 4.33. The van der Waals surface area contributed by atoms with Gasteiger partial charge in [0.1, 0.15) is 0 Å². The second-order valence-electron chi connectivity index (χ2n) is 6.87. The Balaban J connectivity index is 2.07. The van der Waals surface area contributed by atoms with Crippen LogP contribution in [0.15, 0.2) is 30.4 Å². The van der Waals surface area contributed by atoms with E-state index in [4.69, 9.17) is 0 Å². The Morgan fingerprint density at radius 2 is 2.10 bits per heavy atom. The molecule has 0 saturated carbocycles. The molecule has 2 aliphatic rings. The maximum Gasteiger partial charge on any atom is 0.269 e. The third-order valence-electron chi connectivity index (χ3n) is 4.49. The van der Waals surface area contributed by atoms with Crippen LogP contribution in [0.1, 0.15) is 38.7 Å². The summed E-state index contributed by atoms with van der Waals surface area (Å²) in [6, 6.07) is 5.56. The van der Waals surface area contributed by atoms with E-state index in [-0.39, 0.29) is 16.0 Å². The average Bonchev–Trinajstić information content (AvgIpc) is 2.85. The molecule has 1 aliphatic heterocycles. The number of rotatable bonds is 1. The monoisotopic (exact) mass is 272 g/mol. The summed E-state index contributed by atoms with van der Waals surface area (Å²) in [5, 5.41) is 14.6.